The molecule has 1 aromatic rings. The van der Waals surface area contributed by atoms with Crippen LogP contribution in [0.1, 0.15) is 38.1 Å². The Morgan fingerprint density at radius 2 is 1.94 bits per heavy atom. The molecule has 3 N–H and O–H groups in total. The molecule has 5 heteroatoms. The van der Waals surface area contributed by atoms with E-state index in [0.717, 1.165) is 16.4 Å². The number of rotatable bonds is 4. The van der Waals surface area contributed by atoms with Gasteiger partial charge in [0.2, 0.25) is 0 Å². The lowest BCUT2D eigenvalue weighted by atomic mass is 10.2. The zero-order chi connectivity index (χ0) is 12.3. The average molecular weight is 241 g/mol. The number of thioether (sulfide) groups is 1. The number of nitrogens with two attached hydrogens (primary N) is 1. The van der Waals surface area contributed by atoms with Crippen LogP contribution in [0, 0.1) is 6.92 Å². The Labute approximate surface area is 101 Å². The summed E-state index contributed by atoms with van der Waals surface area (Å²) in [6.07, 6.45) is 0. The minimum atomic E-state index is 0.119. The van der Waals surface area contributed by atoms with E-state index < -0.39 is 0 Å². The van der Waals surface area contributed by atoms with Gasteiger partial charge in [-0.2, -0.15) is 0 Å². The van der Waals surface area contributed by atoms with Crippen molar-refractivity contribution < 1.29 is 5.11 Å². The lowest BCUT2D eigenvalue weighted by Crippen LogP contribution is -2.09. The van der Waals surface area contributed by atoms with E-state index in [1.54, 1.807) is 0 Å². The number of hydrogen-bond donors (Lipinski definition) is 2. The van der Waals surface area contributed by atoms with E-state index in [0.29, 0.717) is 5.82 Å². The summed E-state index contributed by atoms with van der Waals surface area (Å²) in [5, 5.41) is 10.0. The molecule has 0 amide bonds. The molecule has 0 saturated carbocycles. The van der Waals surface area contributed by atoms with Crippen LogP contribution in [0.4, 0.5) is 5.82 Å². The van der Waals surface area contributed by atoms with Crippen molar-refractivity contribution in [2.75, 3.05) is 12.3 Å². The topological polar surface area (TPSA) is 72.0 Å². The fraction of sp³-hybridized carbons (Fsp3) is 0.636. The smallest absolute Gasteiger partial charge is 0.134 e. The molecule has 1 atom stereocenters. The summed E-state index contributed by atoms with van der Waals surface area (Å²) in [6.45, 7) is 8.07. The summed E-state index contributed by atoms with van der Waals surface area (Å²) in [5.41, 5.74) is 6.75. The van der Waals surface area contributed by atoms with E-state index in [9.17, 15) is 0 Å². The summed E-state index contributed by atoms with van der Waals surface area (Å²) in [7, 11) is 0. The second kappa shape index (κ2) is 5.50. The van der Waals surface area contributed by atoms with E-state index >= 15 is 0 Å². The molecule has 0 aromatic carbocycles. The lowest BCUT2D eigenvalue weighted by molar-refractivity contribution is 0.300. The molecule has 16 heavy (non-hydrogen) atoms. The van der Waals surface area contributed by atoms with Crippen LogP contribution in [0.15, 0.2) is 5.03 Å². The predicted octanol–water partition coefficient (Wildman–Crippen LogP) is 1.96. The van der Waals surface area contributed by atoms with Gasteiger partial charge in [-0.15, -0.1) is 11.8 Å². The van der Waals surface area contributed by atoms with Gasteiger partial charge in [0.25, 0.3) is 0 Å². The monoisotopic (exact) mass is 241 g/mol. The highest BCUT2D eigenvalue weighted by Gasteiger charge is 2.13. The van der Waals surface area contributed by atoms with Gasteiger partial charge in [-0.05, 0) is 6.92 Å². The Kier molecular flexibility index (Phi) is 4.56. The molecule has 1 unspecified atom stereocenters. The molecule has 0 spiro atoms. The van der Waals surface area contributed by atoms with Crippen molar-refractivity contribution in [1.29, 1.82) is 0 Å². The molecule has 0 aliphatic rings. The van der Waals surface area contributed by atoms with Crippen LogP contribution in [0.3, 0.4) is 0 Å². The highest BCUT2D eigenvalue weighted by molar-refractivity contribution is 7.99. The molecule has 0 bridgehead atoms. The molecule has 90 valence electrons. The first-order chi connectivity index (χ1) is 7.45. The van der Waals surface area contributed by atoms with Crippen molar-refractivity contribution in [3.05, 3.63) is 11.4 Å². The Hall–Kier alpha value is -0.810. The van der Waals surface area contributed by atoms with Gasteiger partial charge in [0.1, 0.15) is 16.7 Å². The maximum Gasteiger partial charge on any atom is 0.134 e. The van der Waals surface area contributed by atoms with E-state index in [1.807, 2.05) is 27.7 Å². The highest BCUT2D eigenvalue weighted by atomic mass is 32.2. The largest absolute Gasteiger partial charge is 0.395 e. The van der Waals surface area contributed by atoms with Crippen molar-refractivity contribution in [1.82, 2.24) is 9.97 Å². The second-order valence-electron chi connectivity index (χ2n) is 4.16. The fourth-order valence-corrected chi connectivity index (χ4v) is 2.01. The summed E-state index contributed by atoms with van der Waals surface area (Å²) >= 11 is 1.53. The van der Waals surface area contributed by atoms with Crippen LogP contribution in [0.5, 0.6) is 0 Å². The third-order valence-corrected chi connectivity index (χ3v) is 3.41. The molecule has 0 saturated heterocycles. The van der Waals surface area contributed by atoms with Gasteiger partial charge in [-0.25, -0.2) is 9.97 Å². The molecule has 4 nitrogen and oxygen atoms in total. The van der Waals surface area contributed by atoms with Gasteiger partial charge in [-0.3, -0.25) is 0 Å². The summed E-state index contributed by atoms with van der Waals surface area (Å²) < 4.78 is 0. The van der Waals surface area contributed by atoms with E-state index in [-0.39, 0.29) is 17.8 Å². The van der Waals surface area contributed by atoms with Crippen molar-refractivity contribution in [2.45, 2.75) is 43.9 Å². The van der Waals surface area contributed by atoms with Crippen LogP contribution in [0.25, 0.3) is 0 Å². The van der Waals surface area contributed by atoms with E-state index in [1.165, 1.54) is 11.8 Å². The number of nitrogen functional groups attached to an aromatic ring is 1. The molecule has 0 fully saturated rings. The standard InChI is InChI=1S/C11H19N3OS/c1-6(2)10-13-9(12)8(4)11(14-10)16-7(3)5-15/h6-7,15H,5H2,1-4H3,(H2,12,13,14). The van der Waals surface area contributed by atoms with Gasteiger partial charge in [0.15, 0.2) is 0 Å². The van der Waals surface area contributed by atoms with Crippen molar-refractivity contribution in [3.63, 3.8) is 0 Å². The van der Waals surface area contributed by atoms with Gasteiger partial charge in [0.05, 0.1) is 6.61 Å². The van der Waals surface area contributed by atoms with Gasteiger partial charge in [0, 0.05) is 16.7 Å². The average Bonchev–Trinajstić information content (AvgIpc) is 2.23. The molecule has 1 rings (SSSR count). The maximum absolute atomic E-state index is 9.04. The van der Waals surface area contributed by atoms with Crippen LogP contribution >= 0.6 is 11.8 Å². The van der Waals surface area contributed by atoms with E-state index in [4.69, 9.17) is 10.8 Å². The zero-order valence-corrected chi connectivity index (χ0v) is 11.0. The van der Waals surface area contributed by atoms with Crippen LogP contribution in [0.2, 0.25) is 0 Å². The van der Waals surface area contributed by atoms with Crippen molar-refractivity contribution >= 4 is 17.6 Å². The number of aliphatic hydroxyl groups is 1. The highest BCUT2D eigenvalue weighted by Crippen LogP contribution is 2.28. The number of hydrogen-bond acceptors (Lipinski definition) is 5. The van der Waals surface area contributed by atoms with Gasteiger partial charge >= 0.3 is 0 Å². The first-order valence-corrected chi connectivity index (χ1v) is 6.25. The zero-order valence-electron chi connectivity index (χ0n) is 10.2. The Bertz CT molecular complexity index is 368. The van der Waals surface area contributed by atoms with Gasteiger partial charge < -0.3 is 10.8 Å². The lowest BCUT2D eigenvalue weighted by Gasteiger charge is -2.13. The van der Waals surface area contributed by atoms with Crippen molar-refractivity contribution in [3.8, 4) is 0 Å². The molecular formula is C11H19N3OS. The molecule has 0 aliphatic heterocycles. The number of nitrogens with zero attached hydrogens (tertiary/aromatic N) is 2. The molecule has 1 aromatic heterocycles. The number of aromatic nitrogens is 2. The third-order valence-electron chi connectivity index (χ3n) is 2.24. The van der Waals surface area contributed by atoms with E-state index in [2.05, 4.69) is 9.97 Å². The maximum atomic E-state index is 9.04. The molecule has 0 aliphatic carbocycles. The second-order valence-corrected chi connectivity index (χ2v) is 5.59. The quantitative estimate of drug-likeness (QED) is 0.623. The first-order valence-electron chi connectivity index (χ1n) is 5.37. The molecule has 1 heterocycles. The summed E-state index contributed by atoms with van der Waals surface area (Å²) in [4.78, 5) is 8.74. The summed E-state index contributed by atoms with van der Waals surface area (Å²) in [6, 6.07) is 0. The SMILES string of the molecule is Cc1c(N)nc(C(C)C)nc1SC(C)CO. The third kappa shape index (κ3) is 3.09. The minimum Gasteiger partial charge on any atom is -0.395 e. The number of anilines is 1. The van der Waals surface area contributed by atoms with Gasteiger partial charge in [-0.1, -0.05) is 20.8 Å². The molecule has 0 radical (unpaired) electrons. The van der Waals surface area contributed by atoms with Crippen LogP contribution < -0.4 is 5.73 Å². The summed E-state index contributed by atoms with van der Waals surface area (Å²) in [5.74, 6) is 1.55. The normalized spacial score (nSPS) is 13.1. The Morgan fingerprint density at radius 1 is 1.31 bits per heavy atom. The Balaban J connectivity index is 3.06. The first kappa shape index (κ1) is 13.3. The van der Waals surface area contributed by atoms with Crippen molar-refractivity contribution in [2.24, 2.45) is 0 Å². The molecular weight excluding hydrogens is 222 g/mol. The minimum absolute atomic E-state index is 0.119. The fourth-order valence-electron chi connectivity index (χ4n) is 1.13. The van der Waals surface area contributed by atoms with Crippen LogP contribution in [-0.2, 0) is 0 Å². The number of aliphatic hydroxyl groups excluding tert-OH is 1. The Morgan fingerprint density at radius 3 is 2.44 bits per heavy atom. The van der Waals surface area contributed by atoms with Crippen LogP contribution in [-0.4, -0.2) is 26.9 Å². The predicted molar refractivity (Wildman–Crippen MR) is 67.7 cm³/mol.